The van der Waals surface area contributed by atoms with Crippen LogP contribution in [0.5, 0.6) is 5.88 Å². The maximum Gasteiger partial charge on any atom is 0.213 e. The number of aryl methyl sites for hydroxylation is 1. The van der Waals surface area contributed by atoms with Gasteiger partial charge < -0.3 is 10.1 Å². The van der Waals surface area contributed by atoms with Crippen molar-refractivity contribution in [1.82, 2.24) is 10.3 Å². The summed E-state index contributed by atoms with van der Waals surface area (Å²) in [5, 5.41) is 3.15. The van der Waals surface area contributed by atoms with E-state index >= 15 is 0 Å². The molecule has 1 aromatic rings. The van der Waals surface area contributed by atoms with Gasteiger partial charge in [-0.1, -0.05) is 13.0 Å². The van der Waals surface area contributed by atoms with E-state index in [1.54, 1.807) is 0 Å². The summed E-state index contributed by atoms with van der Waals surface area (Å²) >= 11 is 0. The van der Waals surface area contributed by atoms with E-state index in [1.165, 1.54) is 31.2 Å². The average Bonchev–Trinajstić information content (AvgIpc) is 2.36. The van der Waals surface area contributed by atoms with Gasteiger partial charge in [-0.2, -0.15) is 0 Å². The third-order valence-electron chi connectivity index (χ3n) is 3.79. The van der Waals surface area contributed by atoms with Crippen molar-refractivity contribution in [2.24, 2.45) is 5.92 Å². The Labute approximate surface area is 110 Å². The predicted octanol–water partition coefficient (Wildman–Crippen LogP) is 3.07. The van der Waals surface area contributed by atoms with Crippen molar-refractivity contribution in [3.05, 3.63) is 23.4 Å². The lowest BCUT2D eigenvalue weighted by molar-refractivity contribution is 0.130. The number of nitrogens with one attached hydrogen (secondary N) is 1. The zero-order chi connectivity index (χ0) is 13.0. The summed E-state index contributed by atoms with van der Waals surface area (Å²) in [6.07, 6.45) is 5.26. The largest absolute Gasteiger partial charge is 0.474 e. The number of hydrogen-bond acceptors (Lipinski definition) is 3. The fourth-order valence-corrected chi connectivity index (χ4v) is 2.53. The molecule has 1 heterocycles. The summed E-state index contributed by atoms with van der Waals surface area (Å²) in [4.78, 5) is 4.54. The summed E-state index contributed by atoms with van der Waals surface area (Å²) in [5.41, 5.74) is 2.30. The number of rotatable bonds is 4. The minimum Gasteiger partial charge on any atom is -0.474 e. The Balaban J connectivity index is 1.95. The highest BCUT2D eigenvalue weighted by Gasteiger charge is 2.19. The maximum atomic E-state index is 5.99. The number of ether oxygens (including phenoxy) is 1. The molecule has 0 aliphatic heterocycles. The van der Waals surface area contributed by atoms with Gasteiger partial charge in [0.2, 0.25) is 5.88 Å². The van der Waals surface area contributed by atoms with Crippen molar-refractivity contribution in [2.45, 2.75) is 52.2 Å². The predicted molar refractivity (Wildman–Crippen MR) is 73.8 cm³/mol. The van der Waals surface area contributed by atoms with Gasteiger partial charge in [0, 0.05) is 18.3 Å². The van der Waals surface area contributed by atoms with E-state index in [0.717, 1.165) is 24.0 Å². The zero-order valence-corrected chi connectivity index (χ0v) is 11.7. The fraction of sp³-hybridized carbons (Fsp3) is 0.667. The van der Waals surface area contributed by atoms with Crippen molar-refractivity contribution in [1.29, 1.82) is 0 Å². The van der Waals surface area contributed by atoms with Crippen LogP contribution in [0, 0.1) is 12.8 Å². The van der Waals surface area contributed by atoms with Crippen LogP contribution in [0.15, 0.2) is 12.1 Å². The van der Waals surface area contributed by atoms with E-state index in [-0.39, 0.29) is 0 Å². The lowest BCUT2D eigenvalue weighted by Crippen LogP contribution is -2.23. The van der Waals surface area contributed by atoms with Crippen LogP contribution >= 0.6 is 0 Å². The first-order valence-electron chi connectivity index (χ1n) is 6.97. The third-order valence-corrected chi connectivity index (χ3v) is 3.79. The third kappa shape index (κ3) is 3.45. The summed E-state index contributed by atoms with van der Waals surface area (Å²) < 4.78 is 5.99. The Kier molecular flexibility index (Phi) is 4.59. The second-order valence-electron chi connectivity index (χ2n) is 5.42. The summed E-state index contributed by atoms with van der Waals surface area (Å²) in [6, 6.07) is 4.11. The topological polar surface area (TPSA) is 34.1 Å². The molecule has 1 aromatic heterocycles. The van der Waals surface area contributed by atoms with Gasteiger partial charge in [0.05, 0.1) is 0 Å². The molecule has 0 aromatic carbocycles. The maximum absolute atomic E-state index is 5.99. The molecule has 1 fully saturated rings. The van der Waals surface area contributed by atoms with Crippen LogP contribution in [0.3, 0.4) is 0 Å². The van der Waals surface area contributed by atoms with Crippen molar-refractivity contribution in [3.63, 3.8) is 0 Å². The van der Waals surface area contributed by atoms with Gasteiger partial charge in [-0.05, 0) is 51.1 Å². The monoisotopic (exact) mass is 248 g/mol. The van der Waals surface area contributed by atoms with E-state index in [2.05, 4.69) is 23.3 Å². The molecule has 0 unspecified atom stereocenters. The minimum absolute atomic E-state index is 0.364. The smallest absolute Gasteiger partial charge is 0.213 e. The Hall–Kier alpha value is -1.09. The molecule has 100 valence electrons. The van der Waals surface area contributed by atoms with Gasteiger partial charge in [0.1, 0.15) is 6.10 Å². The normalized spacial score (nSPS) is 23.9. The molecule has 0 atom stereocenters. The standard InChI is InChI=1S/C15H24N2O/c1-11-4-7-14(8-5-11)18-15-9-6-13(10-16-3)12(2)17-15/h6,9,11,14,16H,4-5,7-8,10H2,1-3H3. The van der Waals surface area contributed by atoms with Gasteiger partial charge in [-0.15, -0.1) is 0 Å². The molecule has 3 heteroatoms. The number of pyridine rings is 1. The molecule has 0 radical (unpaired) electrons. The first-order valence-corrected chi connectivity index (χ1v) is 6.97. The second-order valence-corrected chi connectivity index (χ2v) is 5.42. The van der Waals surface area contributed by atoms with Crippen molar-refractivity contribution >= 4 is 0 Å². The molecule has 0 saturated heterocycles. The van der Waals surface area contributed by atoms with Crippen molar-refractivity contribution in [2.75, 3.05) is 7.05 Å². The van der Waals surface area contributed by atoms with Crippen LogP contribution in [-0.2, 0) is 6.54 Å². The molecule has 1 saturated carbocycles. The van der Waals surface area contributed by atoms with Gasteiger partial charge in [-0.3, -0.25) is 0 Å². The van der Waals surface area contributed by atoms with Crippen LogP contribution in [-0.4, -0.2) is 18.1 Å². The average molecular weight is 248 g/mol. The highest BCUT2D eigenvalue weighted by atomic mass is 16.5. The Bertz CT molecular complexity index is 384. The molecule has 1 aliphatic rings. The molecular formula is C15H24N2O. The fourth-order valence-electron chi connectivity index (χ4n) is 2.53. The highest BCUT2D eigenvalue weighted by molar-refractivity contribution is 5.25. The molecule has 18 heavy (non-hydrogen) atoms. The molecule has 0 amide bonds. The van der Waals surface area contributed by atoms with Gasteiger partial charge in [0.15, 0.2) is 0 Å². The number of aromatic nitrogens is 1. The van der Waals surface area contributed by atoms with Crippen molar-refractivity contribution in [3.8, 4) is 5.88 Å². The van der Waals surface area contributed by atoms with Crippen LogP contribution in [0.25, 0.3) is 0 Å². The van der Waals surface area contributed by atoms with Crippen LogP contribution in [0.4, 0.5) is 0 Å². The molecule has 3 nitrogen and oxygen atoms in total. The van der Waals surface area contributed by atoms with Crippen LogP contribution in [0.2, 0.25) is 0 Å². The lowest BCUT2D eigenvalue weighted by atomic mass is 9.89. The molecule has 1 aliphatic carbocycles. The summed E-state index contributed by atoms with van der Waals surface area (Å²) in [6.45, 7) is 5.23. The van der Waals surface area contributed by atoms with Crippen molar-refractivity contribution < 1.29 is 4.74 Å². The molecule has 2 rings (SSSR count). The Morgan fingerprint density at radius 2 is 2.00 bits per heavy atom. The Morgan fingerprint density at radius 1 is 1.28 bits per heavy atom. The van der Waals surface area contributed by atoms with E-state index in [9.17, 15) is 0 Å². The minimum atomic E-state index is 0.364. The van der Waals surface area contributed by atoms with Crippen LogP contribution < -0.4 is 10.1 Å². The molecule has 1 N–H and O–H groups in total. The summed E-state index contributed by atoms with van der Waals surface area (Å²) in [5.74, 6) is 1.64. The first-order chi connectivity index (χ1) is 8.69. The second kappa shape index (κ2) is 6.19. The first kappa shape index (κ1) is 13.3. The zero-order valence-electron chi connectivity index (χ0n) is 11.7. The number of nitrogens with zero attached hydrogens (tertiary/aromatic N) is 1. The van der Waals surface area contributed by atoms with E-state index in [0.29, 0.717) is 6.10 Å². The van der Waals surface area contributed by atoms with E-state index in [4.69, 9.17) is 4.74 Å². The summed E-state index contributed by atoms with van der Waals surface area (Å²) in [7, 11) is 1.95. The number of hydrogen-bond donors (Lipinski definition) is 1. The van der Waals surface area contributed by atoms with Gasteiger partial charge in [0.25, 0.3) is 0 Å². The van der Waals surface area contributed by atoms with Gasteiger partial charge in [-0.25, -0.2) is 4.98 Å². The van der Waals surface area contributed by atoms with E-state index in [1.807, 2.05) is 20.0 Å². The SMILES string of the molecule is CNCc1ccc(OC2CCC(C)CC2)nc1C. The molecule has 0 spiro atoms. The van der Waals surface area contributed by atoms with E-state index < -0.39 is 0 Å². The lowest BCUT2D eigenvalue weighted by Gasteiger charge is -2.26. The van der Waals surface area contributed by atoms with Gasteiger partial charge >= 0.3 is 0 Å². The quantitative estimate of drug-likeness (QED) is 0.889. The van der Waals surface area contributed by atoms with Crippen LogP contribution in [0.1, 0.15) is 43.9 Å². The molecular weight excluding hydrogens is 224 g/mol. The molecule has 0 bridgehead atoms. The Morgan fingerprint density at radius 3 is 2.61 bits per heavy atom. The highest BCUT2D eigenvalue weighted by Crippen LogP contribution is 2.26.